The van der Waals surface area contributed by atoms with Crippen molar-refractivity contribution in [3.63, 3.8) is 0 Å². The molecule has 0 aliphatic heterocycles. The van der Waals surface area contributed by atoms with E-state index >= 15 is 0 Å². The summed E-state index contributed by atoms with van der Waals surface area (Å²) in [4.78, 5) is 19.6. The Kier molecular flexibility index (Phi) is 6.82. The molecular weight excluding hydrogens is 409 g/mol. The summed E-state index contributed by atoms with van der Waals surface area (Å²) in [6.45, 7) is 4.09. The molecule has 154 valence electrons. The summed E-state index contributed by atoms with van der Waals surface area (Å²) < 4.78 is 19.7. The molecule has 0 unspecified atom stereocenters. The van der Waals surface area contributed by atoms with Gasteiger partial charge in [-0.3, -0.25) is 4.79 Å². The number of halogens is 2. The van der Waals surface area contributed by atoms with E-state index in [1.165, 1.54) is 0 Å². The molecule has 1 heterocycles. The number of aromatic nitrogens is 2. The number of para-hydroxylation sites is 1. The minimum absolute atomic E-state index is 0.0701. The lowest BCUT2D eigenvalue weighted by Crippen LogP contribution is -2.13. The average Bonchev–Trinajstić information content (AvgIpc) is 2.75. The van der Waals surface area contributed by atoms with Gasteiger partial charge in [0.2, 0.25) is 11.9 Å². The molecule has 0 atom stereocenters. The summed E-state index contributed by atoms with van der Waals surface area (Å²) in [5.74, 6) is -0.151. The van der Waals surface area contributed by atoms with E-state index in [1.54, 1.807) is 48.5 Å². The smallest absolute Gasteiger partial charge is 0.248 e. The van der Waals surface area contributed by atoms with E-state index in [2.05, 4.69) is 27.2 Å². The second kappa shape index (κ2) is 9.71. The van der Waals surface area contributed by atoms with Gasteiger partial charge in [-0.15, -0.1) is 11.6 Å². The second-order valence-electron chi connectivity index (χ2n) is 6.09. The Labute approximate surface area is 177 Å². The highest BCUT2D eigenvalue weighted by Crippen LogP contribution is 2.27. The van der Waals surface area contributed by atoms with Crippen molar-refractivity contribution in [2.45, 2.75) is 0 Å². The summed E-state index contributed by atoms with van der Waals surface area (Å²) in [6, 6.07) is 13.8. The van der Waals surface area contributed by atoms with Crippen molar-refractivity contribution < 1.29 is 13.9 Å². The van der Waals surface area contributed by atoms with Crippen LogP contribution >= 0.6 is 11.6 Å². The lowest BCUT2D eigenvalue weighted by molar-refractivity contribution is -0.112. The van der Waals surface area contributed by atoms with Crippen LogP contribution in [0.5, 0.6) is 5.75 Å². The predicted octanol–water partition coefficient (Wildman–Crippen LogP) is 4.22. The number of rotatable bonds is 9. The van der Waals surface area contributed by atoms with Gasteiger partial charge in [0.25, 0.3) is 0 Å². The summed E-state index contributed by atoms with van der Waals surface area (Å²) in [7, 11) is 0. The number of nitrogens with one attached hydrogen (secondary N) is 2. The van der Waals surface area contributed by atoms with Crippen LogP contribution in [0.3, 0.4) is 0 Å². The van der Waals surface area contributed by atoms with Crippen LogP contribution in [-0.2, 0) is 4.79 Å². The highest BCUT2D eigenvalue weighted by Gasteiger charge is 2.13. The summed E-state index contributed by atoms with van der Waals surface area (Å²) in [5, 5.41) is 5.86. The molecule has 4 N–H and O–H groups in total. The van der Waals surface area contributed by atoms with E-state index in [0.717, 1.165) is 6.20 Å². The first-order valence-corrected chi connectivity index (χ1v) is 9.45. The molecule has 0 radical (unpaired) electrons. The zero-order valence-electron chi connectivity index (χ0n) is 15.9. The first-order chi connectivity index (χ1) is 14.5. The Morgan fingerprint density at radius 3 is 2.60 bits per heavy atom. The van der Waals surface area contributed by atoms with Gasteiger partial charge < -0.3 is 21.1 Å². The maximum atomic E-state index is 14.3. The van der Waals surface area contributed by atoms with Gasteiger partial charge in [0.15, 0.2) is 11.6 Å². The quantitative estimate of drug-likeness (QED) is 0.349. The molecule has 0 saturated heterocycles. The third-order valence-electron chi connectivity index (χ3n) is 4.00. The van der Waals surface area contributed by atoms with Gasteiger partial charge in [0.05, 0.1) is 12.1 Å². The van der Waals surface area contributed by atoms with Gasteiger partial charge in [-0.25, -0.2) is 9.37 Å². The van der Waals surface area contributed by atoms with Crippen molar-refractivity contribution in [2.75, 3.05) is 23.1 Å². The van der Waals surface area contributed by atoms with Crippen LogP contribution in [0, 0.1) is 5.82 Å². The maximum Gasteiger partial charge on any atom is 0.248 e. The molecular formula is C21H19ClFN5O2. The minimum Gasteiger partial charge on any atom is -0.492 e. The fourth-order valence-corrected chi connectivity index (χ4v) is 2.63. The number of primary amides is 1. The number of hydrogen-bond donors (Lipinski definition) is 3. The molecule has 0 aliphatic carbocycles. The minimum atomic E-state index is -0.673. The standard InChI is InChI=1S/C21H19ClFN5O2/c1-13(19(24)29)16-4-2-3-5-18(16)27-20-17(23)12-25-21(28-20)26-14-6-8-15(9-7-14)30-11-10-22/h2-9,12H,1,10-11H2,(H2,24,29)(H2,25,26,27,28). The number of benzene rings is 2. The topological polar surface area (TPSA) is 102 Å². The molecule has 0 fully saturated rings. The number of carbonyl (C=O) groups excluding carboxylic acids is 1. The van der Waals surface area contributed by atoms with E-state index in [9.17, 15) is 9.18 Å². The van der Waals surface area contributed by atoms with Crippen molar-refractivity contribution in [3.05, 3.63) is 72.7 Å². The van der Waals surface area contributed by atoms with Gasteiger partial charge in [0, 0.05) is 22.5 Å². The fourth-order valence-electron chi connectivity index (χ4n) is 2.55. The van der Waals surface area contributed by atoms with Crippen LogP contribution in [0.2, 0.25) is 0 Å². The van der Waals surface area contributed by atoms with Crippen LogP contribution in [-0.4, -0.2) is 28.4 Å². The molecule has 0 aliphatic rings. The van der Waals surface area contributed by atoms with Crippen molar-refractivity contribution in [1.82, 2.24) is 9.97 Å². The lowest BCUT2D eigenvalue weighted by atomic mass is 10.0. The molecule has 3 aromatic rings. The number of nitrogens with zero attached hydrogens (tertiary/aromatic N) is 2. The van der Waals surface area contributed by atoms with Crippen LogP contribution in [0.25, 0.3) is 5.57 Å². The Bertz CT molecular complexity index is 1060. The normalized spacial score (nSPS) is 10.3. The molecule has 1 amide bonds. The summed E-state index contributed by atoms with van der Waals surface area (Å²) in [6.07, 6.45) is 1.04. The third kappa shape index (κ3) is 5.24. The molecule has 7 nitrogen and oxygen atoms in total. The molecule has 0 saturated carbocycles. The number of alkyl halides is 1. The molecule has 0 spiro atoms. The van der Waals surface area contributed by atoms with Crippen LogP contribution < -0.4 is 21.1 Å². The van der Waals surface area contributed by atoms with Gasteiger partial charge in [-0.2, -0.15) is 4.98 Å². The SMILES string of the molecule is C=C(C(N)=O)c1ccccc1Nc1nc(Nc2ccc(OCCCl)cc2)ncc1F. The average molecular weight is 428 g/mol. The van der Waals surface area contributed by atoms with Crippen molar-refractivity contribution in [2.24, 2.45) is 5.73 Å². The van der Waals surface area contributed by atoms with Gasteiger partial charge in [-0.05, 0) is 30.3 Å². The van der Waals surface area contributed by atoms with E-state index in [0.29, 0.717) is 35.2 Å². The van der Waals surface area contributed by atoms with E-state index in [4.69, 9.17) is 22.1 Å². The predicted molar refractivity (Wildman–Crippen MR) is 116 cm³/mol. The Morgan fingerprint density at radius 2 is 1.90 bits per heavy atom. The number of nitrogens with two attached hydrogens (primary N) is 1. The first-order valence-electron chi connectivity index (χ1n) is 8.91. The van der Waals surface area contributed by atoms with E-state index in [1.807, 2.05) is 0 Å². The molecule has 3 rings (SSSR count). The Morgan fingerprint density at radius 1 is 1.17 bits per heavy atom. The van der Waals surface area contributed by atoms with Crippen molar-refractivity contribution in [3.8, 4) is 5.75 Å². The molecule has 9 heteroatoms. The maximum absolute atomic E-state index is 14.3. The Balaban J connectivity index is 1.80. The van der Waals surface area contributed by atoms with Crippen molar-refractivity contribution in [1.29, 1.82) is 0 Å². The Hall–Kier alpha value is -3.65. The zero-order valence-corrected chi connectivity index (χ0v) is 16.6. The number of hydrogen-bond acceptors (Lipinski definition) is 6. The highest BCUT2D eigenvalue weighted by molar-refractivity contribution is 6.19. The summed E-state index contributed by atoms with van der Waals surface area (Å²) >= 11 is 5.60. The molecule has 30 heavy (non-hydrogen) atoms. The largest absolute Gasteiger partial charge is 0.492 e. The fraction of sp³-hybridized carbons (Fsp3) is 0.0952. The highest BCUT2D eigenvalue weighted by atomic mass is 35.5. The number of amides is 1. The lowest BCUT2D eigenvalue weighted by Gasteiger charge is -2.13. The number of carbonyl (C=O) groups is 1. The first kappa shape index (κ1) is 21.1. The molecule has 2 aromatic carbocycles. The molecule has 1 aromatic heterocycles. The van der Waals surface area contributed by atoms with Crippen LogP contribution in [0.4, 0.5) is 27.5 Å². The zero-order chi connectivity index (χ0) is 21.5. The third-order valence-corrected chi connectivity index (χ3v) is 4.16. The van der Waals surface area contributed by atoms with Crippen LogP contribution in [0.1, 0.15) is 5.56 Å². The van der Waals surface area contributed by atoms with Crippen LogP contribution in [0.15, 0.2) is 61.3 Å². The van der Waals surface area contributed by atoms with Crippen molar-refractivity contribution >= 4 is 46.2 Å². The van der Waals surface area contributed by atoms with E-state index in [-0.39, 0.29) is 17.3 Å². The van der Waals surface area contributed by atoms with E-state index < -0.39 is 11.7 Å². The number of ether oxygens (including phenoxy) is 1. The second-order valence-corrected chi connectivity index (χ2v) is 6.47. The van der Waals surface area contributed by atoms with Gasteiger partial charge in [0.1, 0.15) is 12.4 Å². The number of anilines is 4. The summed E-state index contributed by atoms with van der Waals surface area (Å²) in [5.41, 5.74) is 6.99. The van der Waals surface area contributed by atoms with Gasteiger partial charge >= 0.3 is 0 Å². The monoisotopic (exact) mass is 427 g/mol. The van der Waals surface area contributed by atoms with Gasteiger partial charge in [-0.1, -0.05) is 24.8 Å². The molecule has 0 bridgehead atoms.